The van der Waals surface area contributed by atoms with Crippen molar-refractivity contribution in [2.75, 3.05) is 32.7 Å². The van der Waals surface area contributed by atoms with Gasteiger partial charge in [0.15, 0.2) is 0 Å². The summed E-state index contributed by atoms with van der Waals surface area (Å²) in [5, 5.41) is 2.64. The molecule has 0 atom stereocenters. The fourth-order valence-electron chi connectivity index (χ4n) is 6.89. The third-order valence-corrected chi connectivity index (χ3v) is 7.68. The van der Waals surface area contributed by atoms with Crippen LogP contribution in [-0.4, -0.2) is 66.0 Å². The van der Waals surface area contributed by atoms with Crippen LogP contribution in [0.2, 0.25) is 0 Å². The van der Waals surface area contributed by atoms with Gasteiger partial charge in [-0.1, -0.05) is 0 Å². The predicted octanol–water partition coefficient (Wildman–Crippen LogP) is 3.18. The molecule has 5 rings (SSSR count). The molecule has 4 aliphatic carbocycles. The van der Waals surface area contributed by atoms with Gasteiger partial charge >= 0.3 is 6.09 Å². The van der Waals surface area contributed by atoms with E-state index in [1.807, 2.05) is 30.6 Å². The molecule has 5 fully saturated rings. The van der Waals surface area contributed by atoms with Crippen LogP contribution in [0.15, 0.2) is 0 Å². The molecule has 31 heavy (non-hydrogen) atoms. The maximum atomic E-state index is 13.1. The normalized spacial score (nSPS) is 32.2. The van der Waals surface area contributed by atoms with Gasteiger partial charge in [-0.15, -0.1) is 0 Å². The van der Waals surface area contributed by atoms with Crippen LogP contribution < -0.4 is 5.32 Å². The maximum absolute atomic E-state index is 13.1. The lowest BCUT2D eigenvalue weighted by Crippen LogP contribution is -2.53. The standard InChI is InChI=1S/C24H39N3O4/c1-23(2,3)31-22(30)25-5-4-20(28)26-6-8-27(9-7-26)21(29)16-24-13-17-10-18(14-24)12-19(11-17)15-24/h17-19H,4-16H2,1-3H3,(H,25,30). The third kappa shape index (κ3) is 5.53. The van der Waals surface area contributed by atoms with Crippen molar-refractivity contribution >= 4 is 17.9 Å². The molecule has 4 bridgehead atoms. The van der Waals surface area contributed by atoms with Crippen LogP contribution in [0.4, 0.5) is 4.79 Å². The number of piperazine rings is 1. The second-order valence-electron chi connectivity index (χ2n) is 11.5. The number of amides is 3. The Balaban J connectivity index is 1.18. The molecule has 5 aliphatic rings. The highest BCUT2D eigenvalue weighted by atomic mass is 16.6. The summed E-state index contributed by atoms with van der Waals surface area (Å²) in [6.07, 6.45) is 8.44. The van der Waals surface area contributed by atoms with Crippen molar-refractivity contribution < 1.29 is 19.1 Å². The molecule has 0 spiro atoms. The number of nitrogens with one attached hydrogen (secondary N) is 1. The van der Waals surface area contributed by atoms with Gasteiger partial charge in [-0.3, -0.25) is 9.59 Å². The smallest absolute Gasteiger partial charge is 0.407 e. The molecule has 1 heterocycles. The van der Waals surface area contributed by atoms with Crippen LogP contribution in [0, 0.1) is 23.2 Å². The average molecular weight is 434 g/mol. The highest BCUT2D eigenvalue weighted by Crippen LogP contribution is 2.61. The molecule has 1 N–H and O–H groups in total. The van der Waals surface area contributed by atoms with Gasteiger partial charge in [0.25, 0.3) is 0 Å². The Bertz CT molecular complexity index is 671. The van der Waals surface area contributed by atoms with E-state index in [4.69, 9.17) is 4.74 Å². The largest absolute Gasteiger partial charge is 0.444 e. The lowest BCUT2D eigenvalue weighted by atomic mass is 9.49. The van der Waals surface area contributed by atoms with E-state index in [2.05, 4.69) is 5.32 Å². The van der Waals surface area contributed by atoms with Crippen molar-refractivity contribution in [2.24, 2.45) is 23.2 Å². The van der Waals surface area contributed by atoms with Crippen LogP contribution in [0.25, 0.3) is 0 Å². The molecule has 174 valence electrons. The lowest BCUT2D eigenvalue weighted by molar-refractivity contribution is -0.144. The first-order valence-electron chi connectivity index (χ1n) is 12.1. The highest BCUT2D eigenvalue weighted by molar-refractivity contribution is 5.79. The van der Waals surface area contributed by atoms with Crippen molar-refractivity contribution in [1.29, 1.82) is 0 Å². The van der Waals surface area contributed by atoms with E-state index in [9.17, 15) is 14.4 Å². The van der Waals surface area contributed by atoms with Crippen molar-refractivity contribution in [2.45, 2.75) is 77.7 Å². The van der Waals surface area contributed by atoms with Crippen LogP contribution in [-0.2, 0) is 14.3 Å². The molecule has 0 unspecified atom stereocenters. The zero-order valence-electron chi connectivity index (χ0n) is 19.5. The van der Waals surface area contributed by atoms with E-state index in [1.165, 1.54) is 38.5 Å². The predicted molar refractivity (Wildman–Crippen MR) is 117 cm³/mol. The Labute approximate surface area is 186 Å². The molecular formula is C24H39N3O4. The molecule has 1 saturated heterocycles. The van der Waals surface area contributed by atoms with Crippen molar-refractivity contribution in [3.63, 3.8) is 0 Å². The van der Waals surface area contributed by atoms with E-state index in [1.54, 1.807) is 0 Å². The van der Waals surface area contributed by atoms with Crippen LogP contribution in [0.5, 0.6) is 0 Å². The van der Waals surface area contributed by atoms with Gasteiger partial charge in [0, 0.05) is 45.6 Å². The van der Waals surface area contributed by atoms with Gasteiger partial charge in [-0.05, 0) is 82.5 Å². The van der Waals surface area contributed by atoms with Crippen LogP contribution >= 0.6 is 0 Å². The average Bonchev–Trinajstić information content (AvgIpc) is 2.65. The van der Waals surface area contributed by atoms with E-state index in [0.29, 0.717) is 38.5 Å². The summed E-state index contributed by atoms with van der Waals surface area (Å²) < 4.78 is 5.19. The first kappa shape index (κ1) is 22.4. The molecule has 7 nitrogen and oxygen atoms in total. The summed E-state index contributed by atoms with van der Waals surface area (Å²) in [6, 6.07) is 0. The van der Waals surface area contributed by atoms with Gasteiger partial charge < -0.3 is 19.9 Å². The molecular weight excluding hydrogens is 394 g/mol. The van der Waals surface area contributed by atoms with Gasteiger partial charge in [-0.2, -0.15) is 0 Å². The molecule has 1 aliphatic heterocycles. The number of nitrogens with zero attached hydrogens (tertiary/aromatic N) is 2. The Hall–Kier alpha value is -1.79. The highest BCUT2D eigenvalue weighted by Gasteiger charge is 2.51. The second kappa shape index (κ2) is 8.62. The summed E-state index contributed by atoms with van der Waals surface area (Å²) in [6.45, 7) is 8.09. The Morgan fingerprint density at radius 2 is 1.35 bits per heavy atom. The minimum atomic E-state index is -0.548. The van der Waals surface area contributed by atoms with Crippen LogP contribution in [0.1, 0.15) is 72.1 Å². The summed E-state index contributed by atoms with van der Waals surface area (Å²) in [5.41, 5.74) is -0.279. The Kier molecular flexibility index (Phi) is 6.23. The summed E-state index contributed by atoms with van der Waals surface area (Å²) in [5.74, 6) is 2.90. The molecule has 0 aromatic carbocycles. The SMILES string of the molecule is CC(C)(C)OC(=O)NCCC(=O)N1CCN(C(=O)CC23CC4CC(CC(C4)C2)C3)CC1. The zero-order valence-corrected chi connectivity index (χ0v) is 19.5. The number of carbonyl (C=O) groups is 3. The first-order valence-corrected chi connectivity index (χ1v) is 12.1. The molecule has 0 radical (unpaired) electrons. The van der Waals surface area contributed by atoms with Crippen LogP contribution in [0.3, 0.4) is 0 Å². The Morgan fingerprint density at radius 1 is 0.871 bits per heavy atom. The molecule has 4 saturated carbocycles. The van der Waals surface area contributed by atoms with Gasteiger partial charge in [-0.25, -0.2) is 4.79 Å². The minimum Gasteiger partial charge on any atom is -0.444 e. The maximum Gasteiger partial charge on any atom is 0.407 e. The number of ether oxygens (including phenoxy) is 1. The number of carbonyl (C=O) groups excluding carboxylic acids is 3. The summed E-state index contributed by atoms with van der Waals surface area (Å²) in [7, 11) is 0. The first-order chi connectivity index (χ1) is 14.6. The molecule has 0 aromatic heterocycles. The number of hydrogen-bond donors (Lipinski definition) is 1. The quantitative estimate of drug-likeness (QED) is 0.722. The molecule has 0 aromatic rings. The second-order valence-corrected chi connectivity index (χ2v) is 11.5. The lowest BCUT2D eigenvalue weighted by Gasteiger charge is -2.57. The Morgan fingerprint density at radius 3 is 1.84 bits per heavy atom. The van der Waals surface area contributed by atoms with Gasteiger partial charge in [0.2, 0.25) is 11.8 Å². The summed E-state index contributed by atoms with van der Waals surface area (Å²) >= 11 is 0. The number of rotatable bonds is 5. The number of hydrogen-bond acceptors (Lipinski definition) is 4. The van der Waals surface area contributed by atoms with Crippen molar-refractivity contribution in [3.8, 4) is 0 Å². The molecule has 3 amide bonds. The fourth-order valence-corrected chi connectivity index (χ4v) is 6.89. The van der Waals surface area contributed by atoms with Gasteiger partial charge in [0.1, 0.15) is 5.60 Å². The van der Waals surface area contributed by atoms with Crippen molar-refractivity contribution in [3.05, 3.63) is 0 Å². The van der Waals surface area contributed by atoms with E-state index in [-0.39, 0.29) is 24.3 Å². The van der Waals surface area contributed by atoms with Crippen molar-refractivity contribution in [1.82, 2.24) is 15.1 Å². The van der Waals surface area contributed by atoms with E-state index >= 15 is 0 Å². The minimum absolute atomic E-state index is 0.0178. The number of alkyl carbamates (subject to hydrolysis) is 1. The molecule has 7 heteroatoms. The third-order valence-electron chi connectivity index (χ3n) is 7.68. The van der Waals surface area contributed by atoms with E-state index in [0.717, 1.165) is 17.8 Å². The fraction of sp³-hybridized carbons (Fsp3) is 0.875. The van der Waals surface area contributed by atoms with Gasteiger partial charge in [0.05, 0.1) is 0 Å². The monoisotopic (exact) mass is 433 g/mol. The summed E-state index contributed by atoms with van der Waals surface area (Å²) in [4.78, 5) is 41.0. The van der Waals surface area contributed by atoms with E-state index < -0.39 is 11.7 Å². The zero-order chi connectivity index (χ0) is 22.2. The topological polar surface area (TPSA) is 79.0 Å².